The SMILES string of the molecule is COc1ccc(NC(=O)[C@H](C)OC(=O)c2cc(C)ccc2OC)cc1. The molecular weight excluding hydrogens is 322 g/mol. The number of nitrogens with one attached hydrogen (secondary N) is 1. The van der Waals surface area contributed by atoms with Gasteiger partial charge in [0.1, 0.15) is 17.1 Å². The molecule has 1 amide bonds. The minimum Gasteiger partial charge on any atom is -0.497 e. The van der Waals surface area contributed by atoms with Crippen LogP contribution >= 0.6 is 0 Å². The molecule has 132 valence electrons. The molecule has 6 nitrogen and oxygen atoms in total. The predicted molar refractivity (Wildman–Crippen MR) is 94.2 cm³/mol. The van der Waals surface area contributed by atoms with E-state index in [0.717, 1.165) is 5.56 Å². The van der Waals surface area contributed by atoms with Crippen molar-refractivity contribution in [1.82, 2.24) is 0 Å². The number of hydrogen-bond donors (Lipinski definition) is 1. The van der Waals surface area contributed by atoms with Crippen LogP contribution in [0.3, 0.4) is 0 Å². The molecule has 25 heavy (non-hydrogen) atoms. The first kappa shape index (κ1) is 18.3. The Morgan fingerprint density at radius 3 is 2.28 bits per heavy atom. The summed E-state index contributed by atoms with van der Waals surface area (Å²) in [7, 11) is 3.04. The van der Waals surface area contributed by atoms with E-state index in [1.807, 2.05) is 13.0 Å². The van der Waals surface area contributed by atoms with Crippen LogP contribution in [-0.2, 0) is 9.53 Å². The summed E-state index contributed by atoms with van der Waals surface area (Å²) in [6, 6.07) is 12.0. The fourth-order valence-electron chi connectivity index (χ4n) is 2.18. The molecule has 0 aliphatic heterocycles. The van der Waals surface area contributed by atoms with E-state index in [0.29, 0.717) is 17.2 Å². The lowest BCUT2D eigenvalue weighted by atomic mass is 10.1. The predicted octanol–water partition coefficient (Wildman–Crippen LogP) is 3.20. The number of anilines is 1. The fraction of sp³-hybridized carbons (Fsp3) is 0.263. The number of aryl methyl sites for hydroxylation is 1. The van der Waals surface area contributed by atoms with Crippen LogP contribution in [0.4, 0.5) is 5.69 Å². The van der Waals surface area contributed by atoms with E-state index < -0.39 is 18.0 Å². The molecule has 1 N–H and O–H groups in total. The topological polar surface area (TPSA) is 73.9 Å². The van der Waals surface area contributed by atoms with Gasteiger partial charge in [-0.05, 0) is 50.2 Å². The normalized spacial score (nSPS) is 11.4. The molecular formula is C19H21NO5. The Kier molecular flexibility index (Phi) is 6.00. The zero-order valence-corrected chi connectivity index (χ0v) is 14.7. The van der Waals surface area contributed by atoms with Crippen LogP contribution in [0.5, 0.6) is 11.5 Å². The lowest BCUT2D eigenvalue weighted by molar-refractivity contribution is -0.123. The van der Waals surface area contributed by atoms with Crippen molar-refractivity contribution in [2.45, 2.75) is 20.0 Å². The summed E-state index contributed by atoms with van der Waals surface area (Å²) in [6.45, 7) is 3.37. The standard InChI is InChI=1S/C19H21NO5/c1-12-5-10-17(24-4)16(11-12)19(22)25-13(2)18(21)20-14-6-8-15(23-3)9-7-14/h5-11,13H,1-4H3,(H,20,21)/t13-/m0/s1. The average Bonchev–Trinajstić information content (AvgIpc) is 2.62. The minimum atomic E-state index is -0.958. The van der Waals surface area contributed by atoms with Crippen LogP contribution in [-0.4, -0.2) is 32.2 Å². The highest BCUT2D eigenvalue weighted by Crippen LogP contribution is 2.21. The molecule has 2 aromatic rings. The van der Waals surface area contributed by atoms with E-state index in [9.17, 15) is 9.59 Å². The van der Waals surface area contributed by atoms with Crippen LogP contribution < -0.4 is 14.8 Å². The molecule has 0 aliphatic rings. The second kappa shape index (κ2) is 8.19. The van der Waals surface area contributed by atoms with Crippen molar-refractivity contribution >= 4 is 17.6 Å². The third-order valence-corrected chi connectivity index (χ3v) is 3.59. The van der Waals surface area contributed by atoms with Crippen molar-refractivity contribution in [3.8, 4) is 11.5 Å². The zero-order valence-electron chi connectivity index (χ0n) is 14.7. The lowest BCUT2D eigenvalue weighted by Crippen LogP contribution is -2.30. The van der Waals surface area contributed by atoms with E-state index >= 15 is 0 Å². The summed E-state index contributed by atoms with van der Waals surface area (Å²) in [5.74, 6) is 0.0467. The molecule has 0 radical (unpaired) electrons. The quantitative estimate of drug-likeness (QED) is 0.816. The van der Waals surface area contributed by atoms with Crippen molar-refractivity contribution in [3.05, 3.63) is 53.6 Å². The molecule has 0 saturated heterocycles. The van der Waals surface area contributed by atoms with Gasteiger partial charge in [-0.25, -0.2) is 4.79 Å². The highest BCUT2D eigenvalue weighted by Gasteiger charge is 2.21. The van der Waals surface area contributed by atoms with Gasteiger partial charge >= 0.3 is 5.97 Å². The molecule has 0 spiro atoms. The van der Waals surface area contributed by atoms with Gasteiger partial charge < -0.3 is 19.5 Å². The van der Waals surface area contributed by atoms with Crippen molar-refractivity contribution in [2.24, 2.45) is 0 Å². The fourth-order valence-corrected chi connectivity index (χ4v) is 2.18. The van der Waals surface area contributed by atoms with Gasteiger partial charge in [0.15, 0.2) is 6.10 Å². The number of rotatable bonds is 6. The monoisotopic (exact) mass is 343 g/mol. The summed E-state index contributed by atoms with van der Waals surface area (Å²) < 4.78 is 15.5. The lowest BCUT2D eigenvalue weighted by Gasteiger charge is -2.15. The first-order valence-corrected chi connectivity index (χ1v) is 7.75. The number of methoxy groups -OCH3 is 2. The second-order valence-corrected chi connectivity index (χ2v) is 5.47. The number of ether oxygens (including phenoxy) is 3. The Morgan fingerprint density at radius 2 is 1.68 bits per heavy atom. The third-order valence-electron chi connectivity index (χ3n) is 3.59. The van der Waals surface area contributed by atoms with Gasteiger partial charge in [-0.2, -0.15) is 0 Å². The van der Waals surface area contributed by atoms with Gasteiger partial charge in [0.2, 0.25) is 0 Å². The van der Waals surface area contributed by atoms with E-state index in [1.54, 1.807) is 43.5 Å². The Morgan fingerprint density at radius 1 is 1.00 bits per heavy atom. The van der Waals surface area contributed by atoms with Gasteiger partial charge in [0.25, 0.3) is 5.91 Å². The highest BCUT2D eigenvalue weighted by molar-refractivity contribution is 5.98. The van der Waals surface area contributed by atoms with Crippen LogP contribution in [0, 0.1) is 6.92 Å². The van der Waals surface area contributed by atoms with E-state index in [1.165, 1.54) is 14.0 Å². The Balaban J connectivity index is 2.02. The maximum absolute atomic E-state index is 12.3. The second-order valence-electron chi connectivity index (χ2n) is 5.47. The molecule has 0 heterocycles. The zero-order chi connectivity index (χ0) is 18.4. The first-order chi connectivity index (χ1) is 11.9. The smallest absolute Gasteiger partial charge is 0.342 e. The van der Waals surface area contributed by atoms with Crippen molar-refractivity contribution in [1.29, 1.82) is 0 Å². The minimum absolute atomic E-state index is 0.284. The molecule has 1 atom stereocenters. The number of hydrogen-bond acceptors (Lipinski definition) is 5. The van der Waals surface area contributed by atoms with Gasteiger partial charge in [0, 0.05) is 5.69 Å². The molecule has 0 fully saturated rings. The summed E-state index contributed by atoms with van der Waals surface area (Å²) >= 11 is 0. The molecule has 0 unspecified atom stereocenters. The van der Waals surface area contributed by atoms with Crippen LogP contribution in [0.25, 0.3) is 0 Å². The summed E-state index contributed by atoms with van der Waals surface area (Å²) in [5.41, 5.74) is 1.76. The summed E-state index contributed by atoms with van der Waals surface area (Å²) in [5, 5.41) is 2.69. The Hall–Kier alpha value is -3.02. The van der Waals surface area contributed by atoms with Crippen molar-refractivity contribution in [2.75, 3.05) is 19.5 Å². The van der Waals surface area contributed by atoms with Crippen molar-refractivity contribution < 1.29 is 23.8 Å². The van der Waals surface area contributed by atoms with Gasteiger partial charge in [-0.1, -0.05) is 11.6 Å². The largest absolute Gasteiger partial charge is 0.497 e. The molecule has 0 aliphatic carbocycles. The van der Waals surface area contributed by atoms with E-state index in [2.05, 4.69) is 5.32 Å². The first-order valence-electron chi connectivity index (χ1n) is 7.75. The van der Waals surface area contributed by atoms with Gasteiger partial charge in [-0.3, -0.25) is 4.79 Å². The van der Waals surface area contributed by atoms with E-state index in [4.69, 9.17) is 14.2 Å². The van der Waals surface area contributed by atoms with Crippen LogP contribution in [0.2, 0.25) is 0 Å². The highest BCUT2D eigenvalue weighted by atomic mass is 16.5. The number of carbonyl (C=O) groups is 2. The van der Waals surface area contributed by atoms with Gasteiger partial charge in [-0.15, -0.1) is 0 Å². The Bertz CT molecular complexity index is 755. The van der Waals surface area contributed by atoms with E-state index in [-0.39, 0.29) is 5.56 Å². The average molecular weight is 343 g/mol. The number of amides is 1. The Labute approximate surface area is 146 Å². The van der Waals surface area contributed by atoms with Gasteiger partial charge in [0.05, 0.1) is 14.2 Å². The van der Waals surface area contributed by atoms with Crippen LogP contribution in [0.1, 0.15) is 22.8 Å². The molecule has 0 aromatic heterocycles. The molecule has 2 rings (SSSR count). The molecule has 0 saturated carbocycles. The molecule has 2 aromatic carbocycles. The molecule has 0 bridgehead atoms. The van der Waals surface area contributed by atoms with Crippen molar-refractivity contribution in [3.63, 3.8) is 0 Å². The maximum Gasteiger partial charge on any atom is 0.342 e. The summed E-state index contributed by atoms with van der Waals surface area (Å²) in [6.07, 6.45) is -0.958. The third kappa shape index (κ3) is 4.73. The summed E-state index contributed by atoms with van der Waals surface area (Å²) in [4.78, 5) is 24.5. The number of esters is 1. The number of benzene rings is 2. The van der Waals surface area contributed by atoms with Crippen LogP contribution in [0.15, 0.2) is 42.5 Å². The maximum atomic E-state index is 12.3. The molecule has 6 heteroatoms. The number of carbonyl (C=O) groups excluding carboxylic acids is 2.